The molecule has 3 unspecified atom stereocenters. The highest BCUT2D eigenvalue weighted by Gasteiger charge is 2.36. The lowest BCUT2D eigenvalue weighted by atomic mass is 9.96. The molecule has 0 aromatic heterocycles. The molecule has 17 heavy (non-hydrogen) atoms. The molecule has 0 radical (unpaired) electrons. The Hall–Kier alpha value is -0.610. The number of hydrogen-bond donors (Lipinski definition) is 2. The summed E-state index contributed by atoms with van der Waals surface area (Å²) >= 11 is 0. The van der Waals surface area contributed by atoms with Crippen molar-refractivity contribution in [3.63, 3.8) is 0 Å². The van der Waals surface area contributed by atoms with E-state index in [0.717, 1.165) is 6.54 Å². The molecular formula is C13H24N2O2. The maximum Gasteiger partial charge on any atom is 0.304 e. The maximum atomic E-state index is 10.8. The Bertz CT molecular complexity index is 271. The summed E-state index contributed by atoms with van der Waals surface area (Å²) in [5.74, 6) is -0.687. The summed E-state index contributed by atoms with van der Waals surface area (Å²) in [6.07, 6.45) is 5.23. The van der Waals surface area contributed by atoms with Crippen LogP contribution in [0.3, 0.4) is 0 Å². The first kappa shape index (κ1) is 12.8. The largest absolute Gasteiger partial charge is 0.481 e. The van der Waals surface area contributed by atoms with E-state index in [1.807, 2.05) is 6.92 Å². The van der Waals surface area contributed by atoms with Crippen LogP contribution in [0.5, 0.6) is 0 Å². The summed E-state index contributed by atoms with van der Waals surface area (Å²) in [5.41, 5.74) is 0. The van der Waals surface area contributed by atoms with Gasteiger partial charge in [-0.3, -0.25) is 9.69 Å². The molecule has 0 aromatic rings. The number of piperidine rings is 1. The highest BCUT2D eigenvalue weighted by molar-refractivity contribution is 5.67. The highest BCUT2D eigenvalue weighted by Crippen LogP contribution is 2.30. The monoisotopic (exact) mass is 240 g/mol. The van der Waals surface area contributed by atoms with Crippen LogP contribution in [0.25, 0.3) is 0 Å². The molecule has 98 valence electrons. The van der Waals surface area contributed by atoms with Crippen molar-refractivity contribution in [2.24, 2.45) is 0 Å². The lowest BCUT2D eigenvalue weighted by Gasteiger charge is -2.40. The van der Waals surface area contributed by atoms with Crippen LogP contribution in [0, 0.1) is 0 Å². The van der Waals surface area contributed by atoms with Gasteiger partial charge >= 0.3 is 5.97 Å². The van der Waals surface area contributed by atoms with Gasteiger partial charge in [0.2, 0.25) is 0 Å². The molecule has 0 aliphatic carbocycles. The molecule has 3 atom stereocenters. The second kappa shape index (κ2) is 5.36. The van der Waals surface area contributed by atoms with Gasteiger partial charge in [-0.1, -0.05) is 6.92 Å². The minimum Gasteiger partial charge on any atom is -0.481 e. The van der Waals surface area contributed by atoms with E-state index in [2.05, 4.69) is 17.1 Å². The third-order valence-electron chi connectivity index (χ3n) is 4.32. The number of fused-ring (bicyclic) bond motifs is 2. The van der Waals surface area contributed by atoms with Crippen LogP contribution in [0.15, 0.2) is 0 Å². The lowest BCUT2D eigenvalue weighted by Crippen LogP contribution is -2.51. The fourth-order valence-electron chi connectivity index (χ4n) is 3.60. The van der Waals surface area contributed by atoms with E-state index in [-0.39, 0.29) is 12.5 Å². The second-order valence-electron chi connectivity index (χ2n) is 5.54. The van der Waals surface area contributed by atoms with Crippen molar-refractivity contribution >= 4 is 5.97 Å². The molecule has 2 aliphatic heterocycles. The zero-order valence-corrected chi connectivity index (χ0v) is 10.9. The number of nitrogens with zero attached hydrogens (tertiary/aromatic N) is 1. The lowest BCUT2D eigenvalue weighted by molar-refractivity contribution is -0.138. The van der Waals surface area contributed by atoms with E-state index < -0.39 is 5.97 Å². The molecule has 2 fully saturated rings. The van der Waals surface area contributed by atoms with Gasteiger partial charge in [-0.05, 0) is 39.2 Å². The Kier molecular flexibility index (Phi) is 4.05. The summed E-state index contributed by atoms with van der Waals surface area (Å²) in [6, 6.07) is 2.07. The van der Waals surface area contributed by atoms with Gasteiger partial charge in [-0.25, -0.2) is 0 Å². The van der Waals surface area contributed by atoms with Gasteiger partial charge in [0.25, 0.3) is 0 Å². The van der Waals surface area contributed by atoms with Gasteiger partial charge in [0.1, 0.15) is 0 Å². The van der Waals surface area contributed by atoms with Gasteiger partial charge < -0.3 is 10.4 Å². The van der Waals surface area contributed by atoms with E-state index >= 15 is 0 Å². The summed E-state index contributed by atoms with van der Waals surface area (Å²) in [4.78, 5) is 13.2. The van der Waals surface area contributed by atoms with Gasteiger partial charge in [0.15, 0.2) is 0 Å². The van der Waals surface area contributed by atoms with Crippen molar-refractivity contribution in [2.45, 2.75) is 70.1 Å². The molecule has 4 nitrogen and oxygen atoms in total. The third-order valence-corrected chi connectivity index (χ3v) is 4.32. The van der Waals surface area contributed by atoms with Crippen molar-refractivity contribution in [1.29, 1.82) is 0 Å². The number of hydrogen-bond acceptors (Lipinski definition) is 3. The van der Waals surface area contributed by atoms with E-state index in [4.69, 9.17) is 5.11 Å². The van der Waals surface area contributed by atoms with Crippen molar-refractivity contribution in [3.8, 4) is 0 Å². The maximum absolute atomic E-state index is 10.8. The van der Waals surface area contributed by atoms with Crippen LogP contribution in [0.2, 0.25) is 0 Å². The van der Waals surface area contributed by atoms with Crippen molar-refractivity contribution < 1.29 is 9.90 Å². The fraction of sp³-hybridized carbons (Fsp3) is 0.923. The topological polar surface area (TPSA) is 52.6 Å². The van der Waals surface area contributed by atoms with Crippen LogP contribution in [-0.4, -0.2) is 46.7 Å². The van der Waals surface area contributed by atoms with Crippen LogP contribution in [-0.2, 0) is 4.79 Å². The molecule has 0 aromatic carbocycles. The summed E-state index contributed by atoms with van der Waals surface area (Å²) < 4.78 is 0. The molecule has 4 heteroatoms. The minimum absolute atomic E-state index is 0.153. The molecule has 0 saturated carbocycles. The highest BCUT2D eigenvalue weighted by atomic mass is 16.4. The fourth-order valence-corrected chi connectivity index (χ4v) is 3.60. The summed E-state index contributed by atoms with van der Waals surface area (Å²) in [6.45, 7) is 5.14. The molecule has 2 N–H and O–H groups in total. The third kappa shape index (κ3) is 2.99. The van der Waals surface area contributed by atoms with Gasteiger partial charge in [0, 0.05) is 24.2 Å². The Morgan fingerprint density at radius 3 is 2.47 bits per heavy atom. The first-order chi connectivity index (χ1) is 8.10. The number of carboxylic acids is 1. The van der Waals surface area contributed by atoms with Crippen molar-refractivity contribution in [3.05, 3.63) is 0 Å². The van der Waals surface area contributed by atoms with Crippen LogP contribution >= 0.6 is 0 Å². The Balaban J connectivity index is 1.95. The van der Waals surface area contributed by atoms with E-state index in [0.29, 0.717) is 18.1 Å². The number of carbonyl (C=O) groups is 1. The smallest absolute Gasteiger partial charge is 0.304 e. The minimum atomic E-state index is -0.687. The summed E-state index contributed by atoms with van der Waals surface area (Å²) in [5, 5.41) is 12.5. The Labute approximate surface area is 103 Å². The number of rotatable bonds is 5. The SMILES string of the molecule is CCN(C(C)CC(=O)O)C1CC2CCC(C1)N2. The van der Waals surface area contributed by atoms with Gasteiger partial charge in [0.05, 0.1) is 6.42 Å². The average molecular weight is 240 g/mol. The summed E-state index contributed by atoms with van der Waals surface area (Å²) in [7, 11) is 0. The molecule has 2 rings (SSSR count). The first-order valence-electron chi connectivity index (χ1n) is 6.83. The number of nitrogens with one attached hydrogen (secondary N) is 1. The van der Waals surface area contributed by atoms with E-state index in [1.54, 1.807) is 0 Å². The van der Waals surface area contributed by atoms with Crippen molar-refractivity contribution in [1.82, 2.24) is 10.2 Å². The van der Waals surface area contributed by atoms with E-state index in [9.17, 15) is 4.79 Å². The molecule has 2 bridgehead atoms. The van der Waals surface area contributed by atoms with E-state index in [1.165, 1.54) is 25.7 Å². The molecule has 0 spiro atoms. The van der Waals surface area contributed by atoms with Gasteiger partial charge in [-0.2, -0.15) is 0 Å². The molecule has 2 saturated heterocycles. The van der Waals surface area contributed by atoms with Crippen LogP contribution in [0.1, 0.15) is 46.0 Å². The first-order valence-corrected chi connectivity index (χ1v) is 6.83. The van der Waals surface area contributed by atoms with Crippen LogP contribution in [0.4, 0.5) is 0 Å². The quantitative estimate of drug-likeness (QED) is 0.764. The standard InChI is InChI=1S/C13H24N2O2/c1-3-15(9(2)6-13(16)17)12-7-10-4-5-11(8-12)14-10/h9-12,14H,3-8H2,1-2H3,(H,16,17). The molecular weight excluding hydrogens is 216 g/mol. The van der Waals surface area contributed by atoms with Crippen molar-refractivity contribution in [2.75, 3.05) is 6.54 Å². The van der Waals surface area contributed by atoms with Gasteiger partial charge in [-0.15, -0.1) is 0 Å². The predicted octanol–water partition coefficient (Wildman–Crippen LogP) is 1.45. The van der Waals surface area contributed by atoms with Crippen LogP contribution < -0.4 is 5.32 Å². The molecule has 2 aliphatic rings. The number of aliphatic carboxylic acids is 1. The zero-order valence-electron chi connectivity index (χ0n) is 10.9. The normalized spacial score (nSPS) is 33.9. The Morgan fingerprint density at radius 1 is 1.41 bits per heavy atom. The molecule has 2 heterocycles. The zero-order chi connectivity index (χ0) is 12.4. The average Bonchev–Trinajstić information content (AvgIpc) is 2.58. The predicted molar refractivity (Wildman–Crippen MR) is 67.1 cm³/mol. The molecule has 0 amide bonds. The number of carboxylic acid groups (broad SMARTS) is 1. The second-order valence-corrected chi connectivity index (χ2v) is 5.54. The Morgan fingerprint density at radius 2 is 2.00 bits per heavy atom.